The second-order valence-corrected chi connectivity index (χ2v) is 4.15. The summed E-state index contributed by atoms with van der Waals surface area (Å²) >= 11 is 0. The molecule has 5 nitrogen and oxygen atoms in total. The molecule has 98 valence electrons. The van der Waals surface area contributed by atoms with Crippen LogP contribution in [0.15, 0.2) is 36.4 Å². The van der Waals surface area contributed by atoms with E-state index in [0.29, 0.717) is 11.5 Å². The number of aryl methyl sites for hydroxylation is 1. The van der Waals surface area contributed by atoms with Gasteiger partial charge in [-0.3, -0.25) is 4.79 Å². The molecule has 0 aliphatic carbocycles. The number of nitrogens with zero attached hydrogens (tertiary/aromatic N) is 2. The van der Waals surface area contributed by atoms with Gasteiger partial charge in [0, 0.05) is 12.2 Å². The molecule has 0 fully saturated rings. The highest BCUT2D eigenvalue weighted by Crippen LogP contribution is 2.10. The van der Waals surface area contributed by atoms with Crippen molar-refractivity contribution in [2.45, 2.75) is 13.8 Å². The number of anilines is 2. The Kier molecular flexibility index (Phi) is 4.07. The Morgan fingerprint density at radius 3 is 2.42 bits per heavy atom. The molecule has 0 atom stereocenters. The fraction of sp³-hybridized carbons (Fsp3) is 0.214. The van der Waals surface area contributed by atoms with Gasteiger partial charge in [-0.25, -0.2) is 0 Å². The van der Waals surface area contributed by atoms with Gasteiger partial charge in [-0.2, -0.15) is 0 Å². The summed E-state index contributed by atoms with van der Waals surface area (Å²) in [6.07, 6.45) is 0. The average Bonchev–Trinajstić information content (AvgIpc) is 2.42. The topological polar surface area (TPSA) is 66.9 Å². The molecule has 0 bridgehead atoms. The quantitative estimate of drug-likeness (QED) is 0.881. The number of benzene rings is 1. The number of rotatable bonds is 4. The maximum absolute atomic E-state index is 11.9. The van der Waals surface area contributed by atoms with Gasteiger partial charge in [0.15, 0.2) is 5.69 Å². The fourth-order valence-corrected chi connectivity index (χ4v) is 1.56. The Hall–Kier alpha value is -2.43. The molecule has 1 heterocycles. The molecule has 0 saturated carbocycles. The predicted octanol–water partition coefficient (Wildman–Crippen LogP) is 2.47. The first-order valence-corrected chi connectivity index (χ1v) is 6.14. The van der Waals surface area contributed by atoms with Crippen molar-refractivity contribution >= 4 is 17.4 Å². The van der Waals surface area contributed by atoms with Gasteiger partial charge >= 0.3 is 0 Å². The molecule has 1 aromatic carbocycles. The van der Waals surface area contributed by atoms with Gasteiger partial charge in [0.25, 0.3) is 5.91 Å². The van der Waals surface area contributed by atoms with Crippen molar-refractivity contribution in [3.05, 3.63) is 47.7 Å². The third-order valence-electron chi connectivity index (χ3n) is 2.56. The lowest BCUT2D eigenvalue weighted by molar-refractivity contribution is 0.102. The van der Waals surface area contributed by atoms with Gasteiger partial charge in [-0.1, -0.05) is 17.7 Å². The van der Waals surface area contributed by atoms with E-state index in [2.05, 4.69) is 20.8 Å². The van der Waals surface area contributed by atoms with Gasteiger partial charge in [-0.05, 0) is 38.1 Å². The van der Waals surface area contributed by atoms with Crippen LogP contribution in [-0.4, -0.2) is 22.6 Å². The summed E-state index contributed by atoms with van der Waals surface area (Å²) in [6, 6.07) is 11.0. The Morgan fingerprint density at radius 1 is 1.11 bits per heavy atom. The Morgan fingerprint density at radius 2 is 1.84 bits per heavy atom. The van der Waals surface area contributed by atoms with Crippen molar-refractivity contribution in [2.24, 2.45) is 0 Å². The SMILES string of the molecule is CCNc1ccc(C(=O)Nc2ccc(C)cc2)nn1. The summed E-state index contributed by atoms with van der Waals surface area (Å²) in [5.74, 6) is 0.397. The maximum Gasteiger partial charge on any atom is 0.276 e. The van der Waals surface area contributed by atoms with Crippen LogP contribution in [0, 0.1) is 6.92 Å². The predicted molar refractivity (Wildman–Crippen MR) is 75.3 cm³/mol. The summed E-state index contributed by atoms with van der Waals surface area (Å²) in [5.41, 5.74) is 2.18. The highest BCUT2D eigenvalue weighted by Gasteiger charge is 2.08. The summed E-state index contributed by atoms with van der Waals surface area (Å²) in [4.78, 5) is 11.9. The molecule has 1 amide bonds. The number of carbonyl (C=O) groups excluding carboxylic acids is 1. The zero-order valence-electron chi connectivity index (χ0n) is 11.0. The van der Waals surface area contributed by atoms with Crippen LogP contribution in [0.25, 0.3) is 0 Å². The number of hydrogen-bond acceptors (Lipinski definition) is 4. The Labute approximate surface area is 112 Å². The standard InChI is InChI=1S/C14H16N4O/c1-3-15-13-9-8-12(17-18-13)14(19)16-11-6-4-10(2)5-7-11/h4-9H,3H2,1-2H3,(H,15,18)(H,16,19). The average molecular weight is 256 g/mol. The largest absolute Gasteiger partial charge is 0.369 e. The highest BCUT2D eigenvalue weighted by atomic mass is 16.1. The zero-order valence-corrected chi connectivity index (χ0v) is 11.0. The minimum atomic E-state index is -0.264. The zero-order chi connectivity index (χ0) is 13.7. The number of amides is 1. The van der Waals surface area contributed by atoms with Gasteiger partial charge in [0.1, 0.15) is 5.82 Å². The van der Waals surface area contributed by atoms with E-state index in [0.717, 1.165) is 17.8 Å². The van der Waals surface area contributed by atoms with Gasteiger partial charge in [0.2, 0.25) is 0 Å². The highest BCUT2D eigenvalue weighted by molar-refractivity contribution is 6.02. The van der Waals surface area contributed by atoms with E-state index in [1.807, 2.05) is 38.1 Å². The molecule has 0 aliphatic rings. The molecule has 2 rings (SSSR count). The van der Waals surface area contributed by atoms with E-state index in [-0.39, 0.29) is 5.91 Å². The molecule has 0 radical (unpaired) electrons. The molecule has 2 N–H and O–H groups in total. The minimum Gasteiger partial charge on any atom is -0.369 e. The van der Waals surface area contributed by atoms with E-state index >= 15 is 0 Å². The molecule has 0 spiro atoms. The monoisotopic (exact) mass is 256 g/mol. The van der Waals surface area contributed by atoms with E-state index in [1.54, 1.807) is 12.1 Å². The van der Waals surface area contributed by atoms with Crippen molar-refractivity contribution in [1.82, 2.24) is 10.2 Å². The second kappa shape index (κ2) is 5.95. The first kappa shape index (κ1) is 13.0. The molecule has 5 heteroatoms. The van der Waals surface area contributed by atoms with Crippen molar-refractivity contribution in [3.63, 3.8) is 0 Å². The normalized spacial score (nSPS) is 10.0. The van der Waals surface area contributed by atoms with Crippen molar-refractivity contribution < 1.29 is 4.79 Å². The molecular weight excluding hydrogens is 240 g/mol. The van der Waals surface area contributed by atoms with Crippen molar-refractivity contribution in [1.29, 1.82) is 0 Å². The molecule has 0 saturated heterocycles. The smallest absolute Gasteiger partial charge is 0.276 e. The summed E-state index contributed by atoms with van der Waals surface area (Å²) in [7, 11) is 0. The lowest BCUT2D eigenvalue weighted by Crippen LogP contribution is -2.14. The number of aromatic nitrogens is 2. The first-order chi connectivity index (χ1) is 9.19. The van der Waals surface area contributed by atoms with E-state index < -0.39 is 0 Å². The van der Waals surface area contributed by atoms with Crippen LogP contribution < -0.4 is 10.6 Å². The van der Waals surface area contributed by atoms with Crippen LogP contribution in [0.4, 0.5) is 11.5 Å². The Bertz CT molecular complexity index is 549. The Balaban J connectivity index is 2.05. The molecule has 0 unspecified atom stereocenters. The molecule has 2 aromatic rings. The third kappa shape index (κ3) is 3.51. The molecule has 0 aliphatic heterocycles. The van der Waals surface area contributed by atoms with E-state index in [4.69, 9.17) is 0 Å². The third-order valence-corrected chi connectivity index (χ3v) is 2.56. The van der Waals surface area contributed by atoms with Gasteiger partial charge in [0.05, 0.1) is 0 Å². The van der Waals surface area contributed by atoms with Crippen LogP contribution >= 0.6 is 0 Å². The lowest BCUT2D eigenvalue weighted by atomic mass is 10.2. The van der Waals surface area contributed by atoms with Crippen LogP contribution in [0.1, 0.15) is 23.0 Å². The lowest BCUT2D eigenvalue weighted by Gasteiger charge is -2.05. The molecular formula is C14H16N4O. The number of hydrogen-bond donors (Lipinski definition) is 2. The van der Waals surface area contributed by atoms with Crippen LogP contribution in [0.2, 0.25) is 0 Å². The summed E-state index contributed by atoms with van der Waals surface area (Å²) in [6.45, 7) is 4.74. The van der Waals surface area contributed by atoms with Crippen LogP contribution in [0.5, 0.6) is 0 Å². The molecule has 19 heavy (non-hydrogen) atoms. The van der Waals surface area contributed by atoms with Crippen molar-refractivity contribution in [3.8, 4) is 0 Å². The molecule has 1 aromatic heterocycles. The van der Waals surface area contributed by atoms with Gasteiger partial charge in [-0.15, -0.1) is 10.2 Å². The maximum atomic E-state index is 11.9. The number of nitrogens with one attached hydrogen (secondary N) is 2. The van der Waals surface area contributed by atoms with Crippen molar-refractivity contribution in [2.75, 3.05) is 17.2 Å². The van der Waals surface area contributed by atoms with E-state index in [9.17, 15) is 4.79 Å². The van der Waals surface area contributed by atoms with Crippen LogP contribution in [-0.2, 0) is 0 Å². The summed E-state index contributed by atoms with van der Waals surface area (Å²) in [5, 5.41) is 13.6. The van der Waals surface area contributed by atoms with Gasteiger partial charge < -0.3 is 10.6 Å². The fourth-order valence-electron chi connectivity index (χ4n) is 1.56. The second-order valence-electron chi connectivity index (χ2n) is 4.15. The summed E-state index contributed by atoms with van der Waals surface area (Å²) < 4.78 is 0. The minimum absolute atomic E-state index is 0.264. The van der Waals surface area contributed by atoms with E-state index in [1.165, 1.54) is 0 Å². The number of carbonyl (C=O) groups is 1. The first-order valence-electron chi connectivity index (χ1n) is 6.14. The van der Waals surface area contributed by atoms with Crippen LogP contribution in [0.3, 0.4) is 0 Å².